The van der Waals surface area contributed by atoms with Crippen LogP contribution in [0.15, 0.2) is 24.4 Å². The van der Waals surface area contributed by atoms with Crippen LogP contribution in [0.4, 0.5) is 0 Å². The van der Waals surface area contributed by atoms with Crippen LogP contribution in [0, 0.1) is 12.3 Å². The summed E-state index contributed by atoms with van der Waals surface area (Å²) < 4.78 is 11.2. The Labute approximate surface area is 145 Å². The largest absolute Gasteiger partial charge is 0.493 e. The molecule has 1 fully saturated rings. The number of methoxy groups -OCH3 is 1. The molecule has 0 bridgehead atoms. The van der Waals surface area contributed by atoms with Crippen molar-refractivity contribution in [3.63, 3.8) is 0 Å². The van der Waals surface area contributed by atoms with E-state index in [9.17, 15) is 9.90 Å². The standard InChI is InChI=1S/C18H21N3O4/c1-11-6-19-15(20-11)8-21-7-13-12-4-3-5-14(24-2)16(12)25-10-18(13,9-21)17(22)23/h3-6,13H,7-10H2,1-2H3,(H,19,20)(H,22,23)/t13?,18-/m1/s1. The number of rotatable bonds is 4. The van der Waals surface area contributed by atoms with E-state index in [1.807, 2.05) is 25.1 Å². The molecule has 132 valence electrons. The van der Waals surface area contributed by atoms with Gasteiger partial charge in [0.25, 0.3) is 0 Å². The van der Waals surface area contributed by atoms with Gasteiger partial charge in [-0.1, -0.05) is 12.1 Å². The van der Waals surface area contributed by atoms with E-state index in [-0.39, 0.29) is 12.5 Å². The normalized spacial score (nSPS) is 25.1. The summed E-state index contributed by atoms with van der Waals surface area (Å²) in [5.41, 5.74) is 0.963. The van der Waals surface area contributed by atoms with E-state index >= 15 is 0 Å². The summed E-state index contributed by atoms with van der Waals surface area (Å²) >= 11 is 0. The molecular weight excluding hydrogens is 322 g/mol. The fourth-order valence-corrected chi connectivity index (χ4v) is 4.03. The minimum absolute atomic E-state index is 0.139. The lowest BCUT2D eigenvalue weighted by Gasteiger charge is -2.36. The summed E-state index contributed by atoms with van der Waals surface area (Å²) in [7, 11) is 1.60. The summed E-state index contributed by atoms with van der Waals surface area (Å²) in [5.74, 6) is 1.21. The van der Waals surface area contributed by atoms with Crippen LogP contribution >= 0.6 is 0 Å². The summed E-state index contributed by atoms with van der Waals surface area (Å²) in [6, 6.07) is 5.67. The number of aromatic nitrogens is 2. The molecule has 0 spiro atoms. The molecule has 1 saturated heterocycles. The number of H-pyrrole nitrogens is 1. The van der Waals surface area contributed by atoms with Gasteiger partial charge in [-0.3, -0.25) is 9.69 Å². The summed E-state index contributed by atoms with van der Waals surface area (Å²) in [6.07, 6.45) is 1.79. The van der Waals surface area contributed by atoms with Gasteiger partial charge in [0.15, 0.2) is 11.5 Å². The number of aryl methyl sites for hydroxylation is 1. The number of para-hydroxylation sites is 1. The van der Waals surface area contributed by atoms with E-state index < -0.39 is 11.4 Å². The zero-order valence-electron chi connectivity index (χ0n) is 14.3. The Kier molecular flexibility index (Phi) is 3.68. The lowest BCUT2D eigenvalue weighted by Crippen LogP contribution is -2.45. The summed E-state index contributed by atoms with van der Waals surface area (Å²) in [6.45, 7) is 3.78. The molecule has 0 saturated carbocycles. The fourth-order valence-electron chi connectivity index (χ4n) is 4.03. The Bertz CT molecular complexity index is 818. The molecule has 0 aliphatic carbocycles. The van der Waals surface area contributed by atoms with Crippen LogP contribution in [0.1, 0.15) is 23.0 Å². The van der Waals surface area contributed by atoms with E-state index in [1.54, 1.807) is 13.3 Å². The predicted octanol–water partition coefficient (Wildman–Crippen LogP) is 1.79. The van der Waals surface area contributed by atoms with Crippen molar-refractivity contribution in [2.45, 2.75) is 19.4 Å². The monoisotopic (exact) mass is 343 g/mol. The van der Waals surface area contributed by atoms with Gasteiger partial charge in [0.2, 0.25) is 0 Å². The van der Waals surface area contributed by atoms with Crippen LogP contribution in [0.25, 0.3) is 0 Å². The zero-order chi connectivity index (χ0) is 17.6. The van der Waals surface area contributed by atoms with Gasteiger partial charge < -0.3 is 19.6 Å². The molecule has 0 amide bonds. The highest BCUT2D eigenvalue weighted by atomic mass is 16.5. The Balaban J connectivity index is 1.68. The maximum atomic E-state index is 12.2. The number of nitrogens with zero attached hydrogens (tertiary/aromatic N) is 2. The minimum atomic E-state index is -0.943. The van der Waals surface area contributed by atoms with Crippen molar-refractivity contribution in [2.24, 2.45) is 5.41 Å². The van der Waals surface area contributed by atoms with E-state index in [1.165, 1.54) is 0 Å². The molecule has 2 aliphatic heterocycles. The summed E-state index contributed by atoms with van der Waals surface area (Å²) in [5, 5.41) is 9.98. The second kappa shape index (κ2) is 5.77. The lowest BCUT2D eigenvalue weighted by molar-refractivity contribution is -0.152. The predicted molar refractivity (Wildman–Crippen MR) is 89.9 cm³/mol. The molecule has 1 aromatic carbocycles. The van der Waals surface area contributed by atoms with Gasteiger partial charge >= 0.3 is 5.97 Å². The van der Waals surface area contributed by atoms with Crippen molar-refractivity contribution in [1.29, 1.82) is 0 Å². The Hall–Kier alpha value is -2.54. The van der Waals surface area contributed by atoms with Gasteiger partial charge in [-0.05, 0) is 13.0 Å². The average molecular weight is 343 g/mol. The quantitative estimate of drug-likeness (QED) is 0.880. The van der Waals surface area contributed by atoms with Crippen molar-refractivity contribution in [3.05, 3.63) is 41.5 Å². The fraction of sp³-hybridized carbons (Fsp3) is 0.444. The van der Waals surface area contributed by atoms with E-state index in [4.69, 9.17) is 9.47 Å². The third kappa shape index (κ3) is 2.46. The number of hydrogen-bond acceptors (Lipinski definition) is 5. The SMILES string of the molecule is COc1cccc2c1OC[C@]1(C(=O)O)CN(Cc3ncc(C)[nH]3)CC21. The van der Waals surface area contributed by atoms with Crippen molar-refractivity contribution in [2.75, 3.05) is 26.8 Å². The lowest BCUT2D eigenvalue weighted by atomic mass is 9.73. The average Bonchev–Trinajstić information content (AvgIpc) is 3.18. The number of aromatic amines is 1. The van der Waals surface area contributed by atoms with E-state index in [2.05, 4.69) is 14.9 Å². The molecule has 3 heterocycles. The van der Waals surface area contributed by atoms with Gasteiger partial charge in [-0.2, -0.15) is 0 Å². The number of carboxylic acids is 1. The first-order chi connectivity index (χ1) is 12.0. The molecule has 7 heteroatoms. The van der Waals surface area contributed by atoms with E-state index in [0.717, 1.165) is 17.1 Å². The first-order valence-corrected chi connectivity index (χ1v) is 8.29. The molecule has 2 atom stereocenters. The Morgan fingerprint density at radius 3 is 3.08 bits per heavy atom. The zero-order valence-corrected chi connectivity index (χ0v) is 14.3. The van der Waals surface area contributed by atoms with Gasteiger partial charge in [0.05, 0.1) is 13.7 Å². The van der Waals surface area contributed by atoms with Crippen molar-refractivity contribution in [3.8, 4) is 11.5 Å². The molecule has 7 nitrogen and oxygen atoms in total. The number of nitrogens with one attached hydrogen (secondary N) is 1. The minimum Gasteiger partial charge on any atom is -0.493 e. The number of hydrogen-bond donors (Lipinski definition) is 2. The number of imidazole rings is 1. The highest BCUT2D eigenvalue weighted by Crippen LogP contribution is 2.52. The van der Waals surface area contributed by atoms with Crippen molar-refractivity contribution < 1.29 is 19.4 Å². The number of carboxylic acid groups (broad SMARTS) is 1. The van der Waals surface area contributed by atoms with Gasteiger partial charge in [-0.15, -0.1) is 0 Å². The van der Waals surface area contributed by atoms with Gasteiger partial charge in [-0.25, -0.2) is 4.98 Å². The van der Waals surface area contributed by atoms with E-state index in [0.29, 0.717) is 31.1 Å². The number of likely N-dealkylation sites (tertiary alicyclic amines) is 1. The van der Waals surface area contributed by atoms with Crippen LogP contribution in [0.5, 0.6) is 11.5 Å². The molecule has 2 aliphatic rings. The van der Waals surface area contributed by atoms with Crippen LogP contribution < -0.4 is 9.47 Å². The number of fused-ring (bicyclic) bond motifs is 3. The van der Waals surface area contributed by atoms with Crippen molar-refractivity contribution in [1.82, 2.24) is 14.9 Å². The second-order valence-corrected chi connectivity index (χ2v) is 6.86. The smallest absolute Gasteiger partial charge is 0.315 e. The molecule has 1 aromatic heterocycles. The first kappa shape index (κ1) is 16.0. The van der Waals surface area contributed by atoms with Crippen LogP contribution in [0.2, 0.25) is 0 Å². The number of ether oxygens (including phenoxy) is 2. The molecule has 25 heavy (non-hydrogen) atoms. The van der Waals surface area contributed by atoms with Crippen LogP contribution in [-0.2, 0) is 11.3 Å². The first-order valence-electron chi connectivity index (χ1n) is 8.29. The Morgan fingerprint density at radius 2 is 2.40 bits per heavy atom. The highest BCUT2D eigenvalue weighted by Gasteiger charge is 2.56. The maximum absolute atomic E-state index is 12.2. The molecule has 1 unspecified atom stereocenters. The number of aliphatic carboxylic acids is 1. The number of benzene rings is 1. The van der Waals surface area contributed by atoms with Gasteiger partial charge in [0, 0.05) is 36.5 Å². The molecule has 4 rings (SSSR count). The molecule has 0 radical (unpaired) electrons. The topological polar surface area (TPSA) is 87.7 Å². The maximum Gasteiger partial charge on any atom is 0.315 e. The third-order valence-electron chi connectivity index (χ3n) is 5.25. The van der Waals surface area contributed by atoms with Gasteiger partial charge in [0.1, 0.15) is 17.8 Å². The molecule has 2 aromatic rings. The van der Waals surface area contributed by atoms with Crippen LogP contribution in [0.3, 0.4) is 0 Å². The summed E-state index contributed by atoms with van der Waals surface area (Å²) in [4.78, 5) is 21.8. The molecule has 2 N–H and O–H groups in total. The molecular formula is C18H21N3O4. The number of carbonyl (C=O) groups is 1. The van der Waals surface area contributed by atoms with Crippen molar-refractivity contribution >= 4 is 5.97 Å². The highest BCUT2D eigenvalue weighted by molar-refractivity contribution is 5.78. The third-order valence-corrected chi connectivity index (χ3v) is 5.25. The second-order valence-electron chi connectivity index (χ2n) is 6.86. The Morgan fingerprint density at radius 1 is 1.56 bits per heavy atom. The van der Waals surface area contributed by atoms with Crippen LogP contribution in [-0.4, -0.2) is 52.7 Å².